The van der Waals surface area contributed by atoms with E-state index in [9.17, 15) is 4.39 Å². The molecule has 0 radical (unpaired) electrons. The van der Waals surface area contributed by atoms with Crippen molar-refractivity contribution < 1.29 is 4.39 Å². The van der Waals surface area contributed by atoms with Crippen molar-refractivity contribution in [3.63, 3.8) is 0 Å². The summed E-state index contributed by atoms with van der Waals surface area (Å²) in [5.74, 6) is 0.414. The molecule has 1 aromatic rings. The van der Waals surface area contributed by atoms with E-state index in [1.807, 2.05) is 0 Å². The Hall–Kier alpha value is -1.00. The van der Waals surface area contributed by atoms with Gasteiger partial charge in [0.05, 0.1) is 6.20 Å². The van der Waals surface area contributed by atoms with Crippen LogP contribution in [0, 0.1) is 11.7 Å². The molecule has 0 amide bonds. The molecule has 2 heterocycles. The minimum atomic E-state index is -0.249. The summed E-state index contributed by atoms with van der Waals surface area (Å²) in [6, 6.07) is 2.11. The van der Waals surface area contributed by atoms with Gasteiger partial charge in [-0.3, -0.25) is 9.88 Å². The number of pyridine rings is 1. The monoisotopic (exact) mass is 293 g/mol. The van der Waals surface area contributed by atoms with Gasteiger partial charge in [0.25, 0.3) is 0 Å². The number of nitrogens with one attached hydrogen (secondary N) is 1. The second-order valence-electron chi connectivity index (χ2n) is 6.99. The van der Waals surface area contributed by atoms with E-state index >= 15 is 0 Å². The highest BCUT2D eigenvalue weighted by Crippen LogP contribution is 2.24. The predicted molar refractivity (Wildman–Crippen MR) is 84.5 cm³/mol. The normalized spacial score (nSPS) is 27.2. The first-order valence-corrected chi connectivity index (χ1v) is 8.00. The largest absolute Gasteiger partial charge is 0.309 e. The fourth-order valence-corrected chi connectivity index (χ4v) is 3.10. The van der Waals surface area contributed by atoms with E-state index in [1.165, 1.54) is 6.20 Å². The first kappa shape index (κ1) is 16.4. The van der Waals surface area contributed by atoms with E-state index in [1.54, 1.807) is 12.3 Å². The molecule has 0 saturated carbocycles. The molecule has 21 heavy (non-hydrogen) atoms. The zero-order chi connectivity index (χ0) is 15.5. The van der Waals surface area contributed by atoms with Gasteiger partial charge in [0.2, 0.25) is 0 Å². The van der Waals surface area contributed by atoms with Crippen LogP contribution in [-0.2, 0) is 6.54 Å². The van der Waals surface area contributed by atoms with Crippen LogP contribution in [0.4, 0.5) is 4.39 Å². The highest BCUT2D eigenvalue weighted by molar-refractivity contribution is 5.11. The number of halogens is 1. The summed E-state index contributed by atoms with van der Waals surface area (Å²) >= 11 is 0. The van der Waals surface area contributed by atoms with Crippen LogP contribution >= 0.6 is 0 Å². The van der Waals surface area contributed by atoms with Crippen LogP contribution in [0.1, 0.15) is 46.1 Å². The van der Waals surface area contributed by atoms with Gasteiger partial charge in [0.15, 0.2) is 0 Å². The number of nitrogens with zero attached hydrogens (tertiary/aromatic N) is 2. The van der Waals surface area contributed by atoms with Crippen LogP contribution in [0.15, 0.2) is 18.5 Å². The molecule has 3 nitrogen and oxygen atoms in total. The van der Waals surface area contributed by atoms with Crippen molar-refractivity contribution in [3.8, 4) is 0 Å². The van der Waals surface area contributed by atoms with Gasteiger partial charge in [-0.15, -0.1) is 0 Å². The Balaban J connectivity index is 2.12. The number of aromatic nitrogens is 1. The number of hydrogen-bond donors (Lipinski definition) is 1. The molecule has 2 unspecified atom stereocenters. The molecule has 1 aliphatic rings. The molecule has 2 rings (SSSR count). The van der Waals surface area contributed by atoms with Crippen LogP contribution in [-0.4, -0.2) is 34.6 Å². The summed E-state index contributed by atoms with van der Waals surface area (Å²) in [7, 11) is 0. The SMILES string of the molecule is CCC1(C)CN(Cc2cncc(F)c2)C(CC(C)C)CN1. The average Bonchev–Trinajstić information content (AvgIpc) is 2.42. The summed E-state index contributed by atoms with van der Waals surface area (Å²) in [5, 5.41) is 3.70. The molecule has 1 aliphatic heterocycles. The summed E-state index contributed by atoms with van der Waals surface area (Å²) in [6.45, 7) is 11.8. The molecule has 2 atom stereocenters. The van der Waals surface area contributed by atoms with Crippen LogP contribution in [0.25, 0.3) is 0 Å². The fraction of sp³-hybridized carbons (Fsp3) is 0.706. The van der Waals surface area contributed by atoms with Crippen molar-refractivity contribution in [2.75, 3.05) is 13.1 Å². The van der Waals surface area contributed by atoms with Gasteiger partial charge in [-0.25, -0.2) is 4.39 Å². The van der Waals surface area contributed by atoms with E-state index in [-0.39, 0.29) is 11.4 Å². The minimum Gasteiger partial charge on any atom is -0.309 e. The second kappa shape index (κ2) is 6.84. The first-order valence-electron chi connectivity index (χ1n) is 8.00. The molecule has 0 bridgehead atoms. The summed E-state index contributed by atoms with van der Waals surface area (Å²) in [4.78, 5) is 6.47. The Morgan fingerprint density at radius 1 is 1.48 bits per heavy atom. The Morgan fingerprint density at radius 3 is 2.86 bits per heavy atom. The smallest absolute Gasteiger partial charge is 0.141 e. The standard InChI is InChI=1S/C17H28FN3/c1-5-17(4)12-21(16(10-20-17)6-13(2)3)11-14-7-15(18)9-19-8-14/h7-9,13,16,20H,5-6,10-12H2,1-4H3. The maximum Gasteiger partial charge on any atom is 0.141 e. The van der Waals surface area contributed by atoms with Gasteiger partial charge in [0, 0.05) is 37.4 Å². The highest BCUT2D eigenvalue weighted by atomic mass is 19.1. The zero-order valence-electron chi connectivity index (χ0n) is 13.7. The van der Waals surface area contributed by atoms with Crippen molar-refractivity contribution in [1.82, 2.24) is 15.2 Å². The molecule has 1 saturated heterocycles. The third-order valence-corrected chi connectivity index (χ3v) is 4.50. The molecular formula is C17H28FN3. The van der Waals surface area contributed by atoms with Gasteiger partial charge in [-0.2, -0.15) is 0 Å². The lowest BCUT2D eigenvalue weighted by Gasteiger charge is -2.46. The van der Waals surface area contributed by atoms with E-state index < -0.39 is 0 Å². The van der Waals surface area contributed by atoms with E-state index in [4.69, 9.17) is 0 Å². The lowest BCUT2D eigenvalue weighted by atomic mass is 9.90. The topological polar surface area (TPSA) is 28.2 Å². The highest BCUT2D eigenvalue weighted by Gasteiger charge is 2.34. The molecule has 118 valence electrons. The van der Waals surface area contributed by atoms with Crippen molar-refractivity contribution in [2.45, 2.75) is 58.7 Å². The molecule has 0 aliphatic carbocycles. The number of hydrogen-bond acceptors (Lipinski definition) is 3. The molecular weight excluding hydrogens is 265 g/mol. The minimum absolute atomic E-state index is 0.147. The Labute approximate surface area is 127 Å². The van der Waals surface area contributed by atoms with E-state index in [0.29, 0.717) is 12.0 Å². The van der Waals surface area contributed by atoms with Crippen molar-refractivity contribution in [3.05, 3.63) is 29.8 Å². The summed E-state index contributed by atoms with van der Waals surface area (Å²) in [6.07, 6.45) is 5.30. The molecule has 1 fully saturated rings. The van der Waals surface area contributed by atoms with Crippen LogP contribution < -0.4 is 5.32 Å². The molecule has 0 aromatic carbocycles. The quantitative estimate of drug-likeness (QED) is 0.903. The van der Waals surface area contributed by atoms with E-state index in [2.05, 4.69) is 42.9 Å². The fourth-order valence-electron chi connectivity index (χ4n) is 3.10. The third kappa shape index (κ3) is 4.48. The second-order valence-corrected chi connectivity index (χ2v) is 6.99. The van der Waals surface area contributed by atoms with Gasteiger partial charge >= 0.3 is 0 Å². The number of rotatable bonds is 5. The predicted octanol–water partition coefficient (Wildman–Crippen LogP) is 3.21. The Kier molecular flexibility index (Phi) is 5.33. The molecule has 0 spiro atoms. The molecule has 1 N–H and O–H groups in total. The summed E-state index contributed by atoms with van der Waals surface area (Å²) in [5.41, 5.74) is 1.11. The third-order valence-electron chi connectivity index (χ3n) is 4.50. The summed E-state index contributed by atoms with van der Waals surface area (Å²) < 4.78 is 13.4. The number of piperazine rings is 1. The van der Waals surface area contributed by atoms with Crippen molar-refractivity contribution in [2.24, 2.45) is 5.92 Å². The lowest BCUT2D eigenvalue weighted by Crippen LogP contribution is -2.62. The van der Waals surface area contributed by atoms with Gasteiger partial charge in [0.1, 0.15) is 5.82 Å². The van der Waals surface area contributed by atoms with Gasteiger partial charge < -0.3 is 5.32 Å². The van der Waals surface area contributed by atoms with Crippen LogP contribution in [0.2, 0.25) is 0 Å². The Bertz CT molecular complexity index is 463. The zero-order valence-corrected chi connectivity index (χ0v) is 13.7. The van der Waals surface area contributed by atoms with Crippen LogP contribution in [0.3, 0.4) is 0 Å². The van der Waals surface area contributed by atoms with Crippen molar-refractivity contribution >= 4 is 0 Å². The first-order chi connectivity index (χ1) is 9.92. The lowest BCUT2D eigenvalue weighted by molar-refractivity contribution is 0.0663. The Morgan fingerprint density at radius 2 is 2.24 bits per heavy atom. The molecule has 4 heteroatoms. The van der Waals surface area contributed by atoms with E-state index in [0.717, 1.165) is 38.0 Å². The van der Waals surface area contributed by atoms with Crippen molar-refractivity contribution in [1.29, 1.82) is 0 Å². The maximum atomic E-state index is 13.4. The maximum absolute atomic E-state index is 13.4. The van der Waals surface area contributed by atoms with Crippen LogP contribution in [0.5, 0.6) is 0 Å². The van der Waals surface area contributed by atoms with Gasteiger partial charge in [-0.1, -0.05) is 20.8 Å². The van der Waals surface area contributed by atoms with Gasteiger partial charge in [-0.05, 0) is 37.3 Å². The average molecular weight is 293 g/mol. The molecule has 1 aromatic heterocycles.